The molecule has 0 radical (unpaired) electrons. The first-order valence-electron chi connectivity index (χ1n) is 9.93. The number of hydrogen-bond donors (Lipinski definition) is 2. The summed E-state index contributed by atoms with van der Waals surface area (Å²) >= 11 is 0. The molecule has 1 aromatic heterocycles. The van der Waals surface area contributed by atoms with Crippen LogP contribution in [0.3, 0.4) is 0 Å². The average molecular weight is 378 g/mol. The predicted molar refractivity (Wildman–Crippen MR) is 110 cm³/mol. The highest BCUT2D eigenvalue weighted by Crippen LogP contribution is 2.30. The molecule has 0 unspecified atom stereocenters. The van der Waals surface area contributed by atoms with Crippen molar-refractivity contribution in [3.8, 4) is 5.75 Å². The van der Waals surface area contributed by atoms with Gasteiger partial charge in [0.15, 0.2) is 0 Å². The standard InChI is InChI=1S/C23H26N2O3/c26-23(27)11-13-25-12-10-20-19-9-8-18(15-21(19)24-22(20)16-25)28-14-4-7-17-5-2-1-3-6-17/h1-3,5-6,8-9,15,24H,4,7,10-14,16H2,(H,26,27). The van der Waals surface area contributed by atoms with Crippen molar-refractivity contribution >= 4 is 16.9 Å². The average Bonchev–Trinajstić information content (AvgIpc) is 3.07. The molecule has 0 aliphatic carbocycles. The molecule has 0 bridgehead atoms. The number of fused-ring (bicyclic) bond motifs is 3. The molecule has 1 aliphatic heterocycles. The molecule has 2 N–H and O–H groups in total. The second-order valence-corrected chi connectivity index (χ2v) is 7.40. The topological polar surface area (TPSA) is 65.6 Å². The summed E-state index contributed by atoms with van der Waals surface area (Å²) in [5.74, 6) is 0.151. The maximum absolute atomic E-state index is 10.8. The van der Waals surface area contributed by atoms with E-state index < -0.39 is 5.97 Å². The number of H-pyrrole nitrogens is 1. The molecule has 1 aliphatic rings. The van der Waals surface area contributed by atoms with Crippen molar-refractivity contribution in [3.05, 3.63) is 65.4 Å². The normalized spacial score (nSPS) is 14.1. The number of carbonyl (C=O) groups is 1. The maximum atomic E-state index is 10.8. The van der Waals surface area contributed by atoms with Gasteiger partial charge < -0.3 is 14.8 Å². The van der Waals surface area contributed by atoms with Crippen LogP contribution in [0.5, 0.6) is 5.75 Å². The molecule has 2 heterocycles. The Morgan fingerprint density at radius 3 is 2.86 bits per heavy atom. The summed E-state index contributed by atoms with van der Waals surface area (Å²) in [7, 11) is 0. The second kappa shape index (κ2) is 8.48. The fraction of sp³-hybridized carbons (Fsp3) is 0.348. The summed E-state index contributed by atoms with van der Waals surface area (Å²) in [6.45, 7) is 2.99. The maximum Gasteiger partial charge on any atom is 0.304 e. The minimum atomic E-state index is -0.739. The number of carboxylic acid groups (broad SMARTS) is 1. The van der Waals surface area contributed by atoms with E-state index in [0.717, 1.165) is 43.6 Å². The highest BCUT2D eigenvalue weighted by Gasteiger charge is 2.21. The van der Waals surface area contributed by atoms with Crippen LogP contribution in [-0.4, -0.2) is 40.7 Å². The Bertz CT molecular complexity index is 949. The summed E-state index contributed by atoms with van der Waals surface area (Å²) < 4.78 is 5.96. The molecule has 3 aromatic rings. The highest BCUT2D eigenvalue weighted by atomic mass is 16.5. The fourth-order valence-electron chi connectivity index (χ4n) is 3.93. The monoisotopic (exact) mass is 378 g/mol. The van der Waals surface area contributed by atoms with Crippen molar-refractivity contribution in [3.63, 3.8) is 0 Å². The summed E-state index contributed by atoms with van der Waals surface area (Å²) in [6, 6.07) is 16.7. The number of nitrogens with one attached hydrogen (secondary N) is 1. The number of aromatic amines is 1. The molecule has 2 aromatic carbocycles. The van der Waals surface area contributed by atoms with Crippen LogP contribution < -0.4 is 4.74 Å². The van der Waals surface area contributed by atoms with E-state index in [2.05, 4.69) is 52.3 Å². The number of benzene rings is 2. The van der Waals surface area contributed by atoms with Crippen LogP contribution in [0.4, 0.5) is 0 Å². The smallest absolute Gasteiger partial charge is 0.304 e. The number of aliphatic carboxylic acids is 1. The first kappa shape index (κ1) is 18.6. The lowest BCUT2D eigenvalue weighted by atomic mass is 10.0. The van der Waals surface area contributed by atoms with Gasteiger partial charge >= 0.3 is 5.97 Å². The molecule has 5 heteroatoms. The van der Waals surface area contributed by atoms with Crippen molar-refractivity contribution < 1.29 is 14.6 Å². The van der Waals surface area contributed by atoms with Gasteiger partial charge in [-0.25, -0.2) is 0 Å². The zero-order chi connectivity index (χ0) is 19.3. The molecule has 0 amide bonds. The van der Waals surface area contributed by atoms with Gasteiger partial charge in [0.2, 0.25) is 0 Å². The summed E-state index contributed by atoms with van der Waals surface area (Å²) in [5.41, 5.74) is 5.00. The van der Waals surface area contributed by atoms with Gasteiger partial charge in [0.1, 0.15) is 5.75 Å². The third-order valence-corrected chi connectivity index (χ3v) is 5.39. The van der Waals surface area contributed by atoms with Gasteiger partial charge in [-0.1, -0.05) is 30.3 Å². The van der Waals surface area contributed by atoms with Crippen LogP contribution in [0.1, 0.15) is 29.7 Å². The molecule has 0 saturated carbocycles. The summed E-state index contributed by atoms with van der Waals surface area (Å²) in [6.07, 6.45) is 3.15. The van der Waals surface area contributed by atoms with E-state index in [0.29, 0.717) is 13.2 Å². The molecule has 5 nitrogen and oxygen atoms in total. The molecule has 0 fully saturated rings. The van der Waals surface area contributed by atoms with Gasteiger partial charge in [0, 0.05) is 42.3 Å². The van der Waals surface area contributed by atoms with Crippen molar-refractivity contribution in [2.24, 2.45) is 0 Å². The van der Waals surface area contributed by atoms with Crippen molar-refractivity contribution in [2.45, 2.75) is 32.2 Å². The molecular weight excluding hydrogens is 352 g/mol. The number of hydrogen-bond acceptors (Lipinski definition) is 3. The molecule has 0 spiro atoms. The van der Waals surface area contributed by atoms with E-state index in [9.17, 15) is 4.79 Å². The second-order valence-electron chi connectivity index (χ2n) is 7.40. The van der Waals surface area contributed by atoms with E-state index >= 15 is 0 Å². The van der Waals surface area contributed by atoms with Crippen molar-refractivity contribution in [1.29, 1.82) is 0 Å². The Labute approximate surface area is 164 Å². The summed E-state index contributed by atoms with van der Waals surface area (Å²) in [5, 5.41) is 10.1. The van der Waals surface area contributed by atoms with E-state index in [1.807, 2.05) is 6.07 Å². The van der Waals surface area contributed by atoms with Crippen LogP contribution in [0, 0.1) is 0 Å². The lowest BCUT2D eigenvalue weighted by Gasteiger charge is -2.26. The van der Waals surface area contributed by atoms with Gasteiger partial charge in [-0.05, 0) is 42.5 Å². The lowest BCUT2D eigenvalue weighted by molar-refractivity contribution is -0.137. The van der Waals surface area contributed by atoms with Gasteiger partial charge in [-0.2, -0.15) is 0 Å². The SMILES string of the molecule is O=C(O)CCN1CCc2c([nH]c3cc(OCCCc4ccccc4)ccc23)C1. The fourth-order valence-corrected chi connectivity index (χ4v) is 3.93. The minimum absolute atomic E-state index is 0.191. The van der Waals surface area contributed by atoms with Crippen molar-refractivity contribution in [1.82, 2.24) is 9.88 Å². The minimum Gasteiger partial charge on any atom is -0.494 e. The summed E-state index contributed by atoms with van der Waals surface area (Å²) in [4.78, 5) is 16.5. The molecule has 28 heavy (non-hydrogen) atoms. The zero-order valence-corrected chi connectivity index (χ0v) is 16.0. The number of nitrogens with zero attached hydrogens (tertiary/aromatic N) is 1. The third-order valence-electron chi connectivity index (χ3n) is 5.39. The van der Waals surface area contributed by atoms with Crippen LogP contribution in [0.2, 0.25) is 0 Å². The molecule has 4 rings (SSSR count). The Morgan fingerprint density at radius 1 is 1.18 bits per heavy atom. The highest BCUT2D eigenvalue weighted by molar-refractivity contribution is 5.86. The van der Waals surface area contributed by atoms with E-state index in [-0.39, 0.29) is 6.42 Å². The number of aromatic nitrogens is 1. The van der Waals surface area contributed by atoms with Crippen LogP contribution in [0.15, 0.2) is 48.5 Å². The predicted octanol–water partition coefficient (Wildman–Crippen LogP) is 4.01. The Balaban J connectivity index is 1.36. The van der Waals surface area contributed by atoms with E-state index in [1.54, 1.807) is 0 Å². The van der Waals surface area contributed by atoms with Gasteiger partial charge in [0.25, 0.3) is 0 Å². The van der Waals surface area contributed by atoms with E-state index in [4.69, 9.17) is 9.84 Å². The molecule has 0 atom stereocenters. The first-order valence-corrected chi connectivity index (χ1v) is 9.93. The van der Waals surface area contributed by atoms with Crippen molar-refractivity contribution in [2.75, 3.05) is 19.7 Å². The Hall–Kier alpha value is -2.79. The zero-order valence-electron chi connectivity index (χ0n) is 16.0. The Morgan fingerprint density at radius 2 is 2.04 bits per heavy atom. The van der Waals surface area contributed by atoms with Crippen LogP contribution in [0.25, 0.3) is 10.9 Å². The molecule has 0 saturated heterocycles. The largest absolute Gasteiger partial charge is 0.494 e. The van der Waals surface area contributed by atoms with E-state index in [1.165, 1.54) is 22.2 Å². The van der Waals surface area contributed by atoms with Gasteiger partial charge in [0.05, 0.1) is 13.0 Å². The number of rotatable bonds is 8. The van der Waals surface area contributed by atoms with Gasteiger partial charge in [-0.3, -0.25) is 9.69 Å². The number of carboxylic acids is 1. The first-order chi connectivity index (χ1) is 13.7. The van der Waals surface area contributed by atoms with Gasteiger partial charge in [-0.15, -0.1) is 0 Å². The number of ether oxygens (including phenoxy) is 1. The molecule has 146 valence electrons. The lowest BCUT2D eigenvalue weighted by Crippen LogP contribution is -2.32. The third kappa shape index (κ3) is 4.37. The Kier molecular flexibility index (Phi) is 5.63. The van der Waals surface area contributed by atoms with Crippen LogP contribution >= 0.6 is 0 Å². The quantitative estimate of drug-likeness (QED) is 0.581. The van der Waals surface area contributed by atoms with Crippen LogP contribution in [-0.2, 0) is 24.2 Å². The molecular formula is C23H26N2O3. The number of aryl methyl sites for hydroxylation is 1.